The molecule has 1 N–H and O–H groups in total. The number of rotatable bonds is 6. The van der Waals surface area contributed by atoms with Crippen LogP contribution in [-0.4, -0.2) is 42.6 Å². The lowest BCUT2D eigenvalue weighted by Crippen LogP contribution is -2.45. The van der Waals surface area contributed by atoms with Crippen molar-refractivity contribution in [3.8, 4) is 0 Å². The van der Waals surface area contributed by atoms with Gasteiger partial charge in [-0.25, -0.2) is 9.59 Å². The quantitative estimate of drug-likeness (QED) is 0.790. The minimum absolute atomic E-state index is 0.00382. The maximum atomic E-state index is 12.5. The van der Waals surface area contributed by atoms with Crippen LogP contribution >= 0.6 is 0 Å². The van der Waals surface area contributed by atoms with Gasteiger partial charge in [0.15, 0.2) is 0 Å². The third kappa shape index (κ3) is 4.44. The second-order valence-electron chi connectivity index (χ2n) is 6.12. The Kier molecular flexibility index (Phi) is 5.71. The van der Waals surface area contributed by atoms with Crippen LogP contribution in [0.2, 0.25) is 0 Å². The topological polar surface area (TPSA) is 84.9 Å². The highest BCUT2D eigenvalue weighted by molar-refractivity contribution is 5.90. The summed E-state index contributed by atoms with van der Waals surface area (Å²) in [5, 5.41) is 2.83. The number of methoxy groups -OCH3 is 1. The maximum absolute atomic E-state index is 12.5. The molecule has 0 aliphatic carbocycles. The van der Waals surface area contributed by atoms with Gasteiger partial charge in [0.1, 0.15) is 12.6 Å². The van der Waals surface area contributed by atoms with Crippen molar-refractivity contribution < 1.29 is 23.9 Å². The molecule has 2 aromatic rings. The third-order valence-corrected chi connectivity index (χ3v) is 4.29. The van der Waals surface area contributed by atoms with Crippen LogP contribution in [0.25, 0.3) is 0 Å². The summed E-state index contributed by atoms with van der Waals surface area (Å²) in [5.41, 5.74) is 2.05. The Morgan fingerprint density at radius 2 is 1.89 bits per heavy atom. The van der Waals surface area contributed by atoms with E-state index in [1.165, 1.54) is 12.0 Å². The van der Waals surface area contributed by atoms with Crippen molar-refractivity contribution in [2.75, 3.05) is 13.7 Å². The first-order chi connectivity index (χ1) is 13.1. The summed E-state index contributed by atoms with van der Waals surface area (Å²) in [4.78, 5) is 37.6. The molecule has 0 bridgehead atoms. The van der Waals surface area contributed by atoms with Crippen LogP contribution in [0.4, 0.5) is 4.79 Å². The van der Waals surface area contributed by atoms with E-state index in [9.17, 15) is 14.4 Å². The average molecular weight is 368 g/mol. The number of benzene rings is 2. The van der Waals surface area contributed by atoms with Crippen LogP contribution in [-0.2, 0) is 27.4 Å². The lowest BCUT2D eigenvalue weighted by Gasteiger charge is -2.21. The van der Waals surface area contributed by atoms with Gasteiger partial charge in [-0.3, -0.25) is 9.69 Å². The Hall–Kier alpha value is -3.35. The van der Waals surface area contributed by atoms with E-state index in [1.807, 2.05) is 30.3 Å². The summed E-state index contributed by atoms with van der Waals surface area (Å²) < 4.78 is 9.76. The predicted octanol–water partition coefficient (Wildman–Crippen LogP) is 2.11. The first-order valence-corrected chi connectivity index (χ1v) is 8.51. The summed E-state index contributed by atoms with van der Waals surface area (Å²) in [6.45, 7) is 0.527. The van der Waals surface area contributed by atoms with Crippen LogP contribution < -0.4 is 5.32 Å². The number of carbonyl (C=O) groups is 3. The minimum atomic E-state index is -0.719. The van der Waals surface area contributed by atoms with Gasteiger partial charge in [-0.15, -0.1) is 0 Å². The largest absolute Gasteiger partial charge is 0.465 e. The normalized spacial score (nSPS) is 16.0. The Morgan fingerprint density at radius 1 is 1.15 bits per heavy atom. The van der Waals surface area contributed by atoms with Crippen molar-refractivity contribution in [3.63, 3.8) is 0 Å². The Labute approximate surface area is 156 Å². The second kappa shape index (κ2) is 8.35. The van der Waals surface area contributed by atoms with Crippen molar-refractivity contribution in [2.24, 2.45) is 0 Å². The van der Waals surface area contributed by atoms with Gasteiger partial charge in [0.2, 0.25) is 5.91 Å². The van der Waals surface area contributed by atoms with Crippen molar-refractivity contribution in [1.82, 2.24) is 10.2 Å². The number of hydrogen-bond acceptors (Lipinski definition) is 5. The lowest BCUT2D eigenvalue weighted by molar-refractivity contribution is -0.125. The molecule has 7 nitrogen and oxygen atoms in total. The van der Waals surface area contributed by atoms with E-state index in [-0.39, 0.29) is 19.1 Å². The van der Waals surface area contributed by atoms with Crippen LogP contribution in [0.1, 0.15) is 21.5 Å². The van der Waals surface area contributed by atoms with Gasteiger partial charge in [-0.2, -0.15) is 0 Å². The van der Waals surface area contributed by atoms with E-state index in [2.05, 4.69) is 5.32 Å². The van der Waals surface area contributed by atoms with Gasteiger partial charge >= 0.3 is 12.1 Å². The number of amides is 2. The minimum Gasteiger partial charge on any atom is -0.465 e. The molecule has 7 heteroatoms. The van der Waals surface area contributed by atoms with Gasteiger partial charge in [0, 0.05) is 6.54 Å². The monoisotopic (exact) mass is 368 g/mol. The first kappa shape index (κ1) is 18.4. The molecule has 1 aliphatic rings. The van der Waals surface area contributed by atoms with Crippen LogP contribution in [0.5, 0.6) is 0 Å². The number of carbonyl (C=O) groups excluding carboxylic acids is 3. The van der Waals surface area contributed by atoms with E-state index in [1.54, 1.807) is 24.3 Å². The van der Waals surface area contributed by atoms with Crippen molar-refractivity contribution in [1.29, 1.82) is 0 Å². The van der Waals surface area contributed by atoms with E-state index in [0.29, 0.717) is 17.7 Å². The fourth-order valence-corrected chi connectivity index (χ4v) is 2.86. The molecule has 0 spiro atoms. The van der Waals surface area contributed by atoms with Gasteiger partial charge in [0.05, 0.1) is 19.2 Å². The lowest BCUT2D eigenvalue weighted by atomic mass is 10.1. The van der Waals surface area contributed by atoms with Crippen LogP contribution in [0, 0.1) is 0 Å². The van der Waals surface area contributed by atoms with Gasteiger partial charge in [-0.1, -0.05) is 42.5 Å². The standard InChI is InChI=1S/C20H20N2O5/c1-26-19(24)16-9-5-8-15(10-16)12-22-17(13-27-20(22)25)18(23)21-11-14-6-3-2-4-7-14/h2-10,17H,11-13H2,1H3,(H,21,23)/t17-/m0/s1. The summed E-state index contributed by atoms with van der Waals surface area (Å²) in [7, 11) is 1.31. The van der Waals surface area contributed by atoms with Crippen molar-refractivity contribution >= 4 is 18.0 Å². The summed E-state index contributed by atoms with van der Waals surface area (Å²) >= 11 is 0. The van der Waals surface area contributed by atoms with E-state index >= 15 is 0 Å². The molecule has 2 aromatic carbocycles. The van der Waals surface area contributed by atoms with Crippen molar-refractivity contribution in [2.45, 2.75) is 19.1 Å². The zero-order chi connectivity index (χ0) is 19.2. The molecular formula is C20H20N2O5. The summed E-state index contributed by atoms with van der Waals surface area (Å²) in [6.07, 6.45) is -0.557. The zero-order valence-corrected chi connectivity index (χ0v) is 14.9. The molecular weight excluding hydrogens is 348 g/mol. The summed E-state index contributed by atoms with van der Waals surface area (Å²) in [6, 6.07) is 15.5. The van der Waals surface area contributed by atoms with Gasteiger partial charge < -0.3 is 14.8 Å². The number of hydrogen-bond donors (Lipinski definition) is 1. The molecule has 140 valence electrons. The third-order valence-electron chi connectivity index (χ3n) is 4.29. The highest BCUT2D eigenvalue weighted by atomic mass is 16.6. The Balaban J connectivity index is 1.67. The maximum Gasteiger partial charge on any atom is 0.410 e. The van der Waals surface area contributed by atoms with Gasteiger partial charge in [0.25, 0.3) is 0 Å². The summed E-state index contributed by atoms with van der Waals surface area (Å²) in [5.74, 6) is -0.744. The number of nitrogens with one attached hydrogen (secondary N) is 1. The molecule has 0 radical (unpaired) electrons. The molecule has 0 unspecified atom stereocenters. The molecule has 27 heavy (non-hydrogen) atoms. The second-order valence-corrected chi connectivity index (χ2v) is 6.12. The molecule has 1 heterocycles. The van der Waals surface area contributed by atoms with Crippen molar-refractivity contribution in [3.05, 3.63) is 71.3 Å². The molecule has 1 atom stereocenters. The highest BCUT2D eigenvalue weighted by Gasteiger charge is 2.37. The fraction of sp³-hybridized carbons (Fsp3) is 0.250. The van der Waals surface area contributed by atoms with Crippen LogP contribution in [0.3, 0.4) is 0 Å². The molecule has 3 rings (SSSR count). The Bertz CT molecular complexity index is 837. The average Bonchev–Trinajstić information content (AvgIpc) is 3.07. The number of nitrogens with zero attached hydrogens (tertiary/aromatic N) is 1. The van der Waals surface area contributed by atoms with E-state index in [0.717, 1.165) is 5.56 Å². The zero-order valence-electron chi connectivity index (χ0n) is 14.9. The first-order valence-electron chi connectivity index (χ1n) is 8.51. The molecule has 0 saturated carbocycles. The van der Waals surface area contributed by atoms with E-state index < -0.39 is 18.1 Å². The SMILES string of the molecule is COC(=O)c1cccc(CN2C(=O)OC[C@H]2C(=O)NCc2ccccc2)c1. The smallest absolute Gasteiger partial charge is 0.410 e. The fourth-order valence-electron chi connectivity index (χ4n) is 2.86. The molecule has 1 fully saturated rings. The Morgan fingerprint density at radius 3 is 2.63 bits per heavy atom. The number of ether oxygens (including phenoxy) is 2. The van der Waals surface area contributed by atoms with Crippen LogP contribution in [0.15, 0.2) is 54.6 Å². The number of cyclic esters (lactones) is 1. The molecule has 1 saturated heterocycles. The van der Waals surface area contributed by atoms with E-state index in [4.69, 9.17) is 9.47 Å². The van der Waals surface area contributed by atoms with Gasteiger partial charge in [-0.05, 0) is 23.3 Å². The number of esters is 1. The molecule has 2 amide bonds. The highest BCUT2D eigenvalue weighted by Crippen LogP contribution is 2.18. The predicted molar refractivity (Wildman–Crippen MR) is 96.7 cm³/mol. The molecule has 1 aliphatic heterocycles. The molecule has 0 aromatic heterocycles.